The van der Waals surface area contributed by atoms with Crippen LogP contribution in [-0.4, -0.2) is 33.2 Å². The highest BCUT2D eigenvalue weighted by Crippen LogP contribution is 2.32. The Morgan fingerprint density at radius 2 is 2.29 bits per heavy atom. The molecule has 0 atom stereocenters. The minimum Gasteiger partial charge on any atom is -0.479 e. The first kappa shape index (κ1) is 15.1. The second-order valence-corrected chi connectivity index (χ2v) is 6.22. The van der Waals surface area contributed by atoms with Crippen molar-refractivity contribution in [1.29, 1.82) is 0 Å². The van der Waals surface area contributed by atoms with Gasteiger partial charge in [0.1, 0.15) is 17.3 Å². The maximum absolute atomic E-state index is 5.23. The second-order valence-electron chi connectivity index (χ2n) is 5.37. The molecule has 1 aromatic heterocycles. The summed E-state index contributed by atoms with van der Waals surface area (Å²) in [6, 6.07) is 5.65. The first-order valence-corrected chi connectivity index (χ1v) is 8.39. The molecule has 3 aliphatic heterocycles. The average molecular weight is 387 g/mol. The van der Waals surface area contributed by atoms with Crippen LogP contribution < -0.4 is 15.7 Å². The number of halogens is 1. The van der Waals surface area contributed by atoms with Crippen molar-refractivity contribution in [3.8, 4) is 17.3 Å². The number of pyridine rings is 2. The lowest BCUT2D eigenvalue weighted by atomic mass is 10.2. The summed E-state index contributed by atoms with van der Waals surface area (Å²) in [5.74, 6) is 2.35. The van der Waals surface area contributed by atoms with E-state index in [0.29, 0.717) is 17.2 Å². The third-order valence-electron chi connectivity index (χ3n) is 3.83. The van der Waals surface area contributed by atoms with Crippen LogP contribution in [0.5, 0.6) is 5.88 Å². The second kappa shape index (κ2) is 6.20. The van der Waals surface area contributed by atoms with Crippen LogP contribution in [0.1, 0.15) is 6.42 Å². The predicted molar refractivity (Wildman–Crippen MR) is 93.5 cm³/mol. The number of methoxy groups -OCH3 is 1. The molecule has 0 saturated carbocycles. The number of hydrogen-bond acceptors (Lipinski definition) is 6. The molecule has 122 valence electrons. The summed E-state index contributed by atoms with van der Waals surface area (Å²) >= 11 is 3.61. The molecule has 0 bridgehead atoms. The van der Waals surface area contributed by atoms with Crippen LogP contribution >= 0.6 is 15.9 Å². The molecule has 0 radical (unpaired) electrons. The number of ether oxygens (including phenoxy) is 1. The number of rotatable bonds is 2. The average Bonchev–Trinajstić information content (AvgIpc) is 2.63. The Morgan fingerprint density at radius 1 is 1.38 bits per heavy atom. The Balaban J connectivity index is 1.91. The van der Waals surface area contributed by atoms with Gasteiger partial charge in [0.25, 0.3) is 5.62 Å². The van der Waals surface area contributed by atoms with Gasteiger partial charge in [0.15, 0.2) is 0 Å². The van der Waals surface area contributed by atoms with Crippen molar-refractivity contribution in [2.45, 2.75) is 13.0 Å². The fourth-order valence-corrected chi connectivity index (χ4v) is 3.36. The van der Waals surface area contributed by atoms with E-state index in [2.05, 4.69) is 45.8 Å². The van der Waals surface area contributed by atoms with Gasteiger partial charge in [-0.3, -0.25) is 0 Å². The summed E-state index contributed by atoms with van der Waals surface area (Å²) in [6.45, 7) is 1.87. The van der Waals surface area contributed by atoms with Gasteiger partial charge in [-0.15, -0.1) is 0 Å². The van der Waals surface area contributed by atoms with E-state index in [-0.39, 0.29) is 0 Å². The minimum absolute atomic E-state index is 0.386. The zero-order valence-corrected chi connectivity index (χ0v) is 14.6. The molecule has 7 nitrogen and oxygen atoms in total. The molecule has 8 heteroatoms. The minimum atomic E-state index is 0.386. The maximum Gasteiger partial charge on any atom is 0.252 e. The molecule has 24 heavy (non-hydrogen) atoms. The monoisotopic (exact) mass is 386 g/mol. The van der Waals surface area contributed by atoms with Crippen LogP contribution in [0.15, 0.2) is 40.1 Å². The van der Waals surface area contributed by atoms with E-state index in [1.807, 2.05) is 12.1 Å². The number of nitrogens with zero attached hydrogens (tertiary/aromatic N) is 5. The van der Waals surface area contributed by atoms with Gasteiger partial charge in [0.05, 0.1) is 11.6 Å². The van der Waals surface area contributed by atoms with Gasteiger partial charge < -0.3 is 14.6 Å². The molecule has 1 N–H and O–H groups in total. The van der Waals surface area contributed by atoms with Gasteiger partial charge in [-0.05, 0) is 40.5 Å². The van der Waals surface area contributed by atoms with E-state index in [0.717, 1.165) is 41.2 Å². The topological polar surface area (TPSA) is 77.2 Å². The van der Waals surface area contributed by atoms with Crippen molar-refractivity contribution >= 4 is 27.4 Å². The van der Waals surface area contributed by atoms with E-state index in [9.17, 15) is 0 Å². The largest absolute Gasteiger partial charge is 0.479 e. The molecule has 0 fully saturated rings. The molecule has 0 amide bonds. The van der Waals surface area contributed by atoms with E-state index < -0.39 is 0 Å². The van der Waals surface area contributed by atoms with Crippen LogP contribution in [0.2, 0.25) is 0 Å². The summed E-state index contributed by atoms with van der Waals surface area (Å²) in [5, 5.41) is 3.41. The molecule has 0 aliphatic carbocycles. The lowest BCUT2D eigenvalue weighted by Gasteiger charge is -2.25. The number of hydrogen-bond donors (Lipinski definition) is 1. The van der Waals surface area contributed by atoms with E-state index >= 15 is 0 Å². The normalized spacial score (nSPS) is 14.3. The lowest BCUT2D eigenvalue weighted by molar-refractivity contribution is 0.399. The van der Waals surface area contributed by atoms with Crippen molar-refractivity contribution in [2.75, 3.05) is 19.0 Å². The number of nitrogens with one attached hydrogen (secondary N) is 1. The molecule has 1 aromatic rings. The molecule has 0 saturated heterocycles. The van der Waals surface area contributed by atoms with Gasteiger partial charge in [-0.25, -0.2) is 15.0 Å². The van der Waals surface area contributed by atoms with Crippen LogP contribution in [-0.2, 0) is 6.54 Å². The standard InChI is InChI=1S/C16H15BrN6O/c1-24-15-12(4-2-5-19-15)21-16-20-9-10-8-11(17)14-18-6-3-7-23(14)13(10)22-16/h2,4-5,8-9,18H,3,6-7H2,1H3. The summed E-state index contributed by atoms with van der Waals surface area (Å²) in [4.78, 5) is 17.6. The van der Waals surface area contributed by atoms with E-state index in [1.165, 1.54) is 0 Å². The highest BCUT2D eigenvalue weighted by atomic mass is 79.9. The SMILES string of the molecule is COc1ncccc1N=c1ncc2cc(Br)c3n(c-2n1)CCCN3. The highest BCUT2D eigenvalue weighted by molar-refractivity contribution is 9.10. The Hall–Kier alpha value is -2.48. The predicted octanol–water partition coefficient (Wildman–Crippen LogP) is 2.60. The van der Waals surface area contributed by atoms with Crippen LogP contribution in [0.3, 0.4) is 0 Å². The van der Waals surface area contributed by atoms with Crippen molar-refractivity contribution in [3.05, 3.63) is 40.7 Å². The Bertz CT molecular complexity index is 938. The van der Waals surface area contributed by atoms with Crippen molar-refractivity contribution < 1.29 is 4.74 Å². The molecular weight excluding hydrogens is 372 g/mol. The quantitative estimate of drug-likeness (QED) is 0.732. The number of aromatic nitrogens is 4. The summed E-state index contributed by atoms with van der Waals surface area (Å²) < 4.78 is 8.40. The molecule has 3 aliphatic rings. The molecule has 0 unspecified atom stereocenters. The fourth-order valence-electron chi connectivity index (χ4n) is 2.76. The van der Waals surface area contributed by atoms with E-state index in [4.69, 9.17) is 4.74 Å². The number of anilines is 1. The van der Waals surface area contributed by atoms with Gasteiger partial charge >= 0.3 is 0 Å². The van der Waals surface area contributed by atoms with Crippen molar-refractivity contribution in [1.82, 2.24) is 19.5 Å². The van der Waals surface area contributed by atoms with Crippen LogP contribution in [0.4, 0.5) is 11.5 Å². The molecule has 4 rings (SSSR count). The lowest BCUT2D eigenvalue weighted by Crippen LogP contribution is -2.24. The third kappa shape index (κ3) is 2.62. The maximum atomic E-state index is 5.23. The van der Waals surface area contributed by atoms with Gasteiger partial charge in [-0.1, -0.05) is 0 Å². The van der Waals surface area contributed by atoms with Crippen molar-refractivity contribution in [2.24, 2.45) is 4.99 Å². The Labute approximate surface area is 146 Å². The summed E-state index contributed by atoms with van der Waals surface area (Å²) in [5.41, 5.74) is 1.95. The Kier molecular flexibility index (Phi) is 3.89. The molecule has 0 spiro atoms. The first-order chi connectivity index (χ1) is 11.8. The van der Waals surface area contributed by atoms with E-state index in [1.54, 1.807) is 25.6 Å². The molecule has 4 heterocycles. The zero-order valence-electron chi connectivity index (χ0n) is 13.0. The summed E-state index contributed by atoms with van der Waals surface area (Å²) in [6.07, 6.45) is 4.50. The molecule has 0 aromatic carbocycles. The summed E-state index contributed by atoms with van der Waals surface area (Å²) in [7, 11) is 1.57. The third-order valence-corrected chi connectivity index (χ3v) is 4.44. The fraction of sp³-hybridized carbons (Fsp3) is 0.250. The number of fused-ring (bicyclic) bond motifs is 3. The zero-order chi connectivity index (χ0) is 16.5. The molecular formula is C16H15BrN6O. The van der Waals surface area contributed by atoms with Crippen molar-refractivity contribution in [3.63, 3.8) is 0 Å². The van der Waals surface area contributed by atoms with Gasteiger partial charge in [-0.2, -0.15) is 4.98 Å². The van der Waals surface area contributed by atoms with Crippen LogP contribution in [0, 0.1) is 0 Å². The Morgan fingerprint density at radius 3 is 3.17 bits per heavy atom. The van der Waals surface area contributed by atoms with Crippen LogP contribution in [0.25, 0.3) is 11.4 Å². The first-order valence-electron chi connectivity index (χ1n) is 7.60. The van der Waals surface area contributed by atoms with Gasteiger partial charge in [0, 0.05) is 31.0 Å². The highest BCUT2D eigenvalue weighted by Gasteiger charge is 2.18. The smallest absolute Gasteiger partial charge is 0.252 e. The van der Waals surface area contributed by atoms with Gasteiger partial charge in [0.2, 0.25) is 5.88 Å².